The molecule has 0 saturated heterocycles. The first kappa shape index (κ1) is 15.0. The summed E-state index contributed by atoms with van der Waals surface area (Å²) in [4.78, 5) is 0. The second-order valence-electron chi connectivity index (χ2n) is 5.78. The van der Waals surface area contributed by atoms with Gasteiger partial charge in [-0.1, -0.05) is 35.7 Å². The molecule has 1 saturated carbocycles. The molecule has 1 aliphatic carbocycles. The number of halogens is 2. The number of rotatable bonds is 4. The van der Waals surface area contributed by atoms with Gasteiger partial charge in [-0.2, -0.15) is 0 Å². The van der Waals surface area contributed by atoms with E-state index in [1.165, 1.54) is 31.7 Å². The first-order valence-electron chi connectivity index (χ1n) is 7.28. The minimum atomic E-state index is -0.148. The Hall–Kier alpha value is -0.410. The fourth-order valence-electron chi connectivity index (χ4n) is 3.34. The number of hydrogen-bond acceptors (Lipinski definition) is 1. The van der Waals surface area contributed by atoms with Crippen LogP contribution in [0.2, 0.25) is 0 Å². The zero-order valence-corrected chi connectivity index (χ0v) is 13.1. The van der Waals surface area contributed by atoms with E-state index in [1.54, 1.807) is 6.07 Å². The van der Waals surface area contributed by atoms with Gasteiger partial charge >= 0.3 is 0 Å². The van der Waals surface area contributed by atoms with Gasteiger partial charge in [0, 0.05) is 4.47 Å². The van der Waals surface area contributed by atoms with E-state index in [9.17, 15) is 4.39 Å². The molecule has 19 heavy (non-hydrogen) atoms. The Balaban J connectivity index is 2.11. The molecule has 1 aromatic carbocycles. The Morgan fingerprint density at radius 2 is 2.11 bits per heavy atom. The standard InChI is InChI=1S/C16H23BrFN/c1-2-11-3-4-12(10-19)13(7-11)8-14-9-15(18)5-6-16(14)17/h5-6,9,11-13H,2-4,7-8,10,19H2,1H3. The second-order valence-corrected chi connectivity index (χ2v) is 6.64. The van der Waals surface area contributed by atoms with E-state index in [4.69, 9.17) is 5.73 Å². The summed E-state index contributed by atoms with van der Waals surface area (Å²) < 4.78 is 14.4. The van der Waals surface area contributed by atoms with Gasteiger partial charge < -0.3 is 5.73 Å². The van der Waals surface area contributed by atoms with Gasteiger partial charge in [-0.3, -0.25) is 0 Å². The maximum Gasteiger partial charge on any atom is 0.123 e. The maximum atomic E-state index is 13.4. The molecule has 1 aromatic rings. The Bertz CT molecular complexity index is 421. The van der Waals surface area contributed by atoms with Crippen LogP contribution in [0.1, 0.15) is 38.2 Å². The molecular formula is C16H23BrFN. The maximum absolute atomic E-state index is 13.4. The number of nitrogens with two attached hydrogens (primary N) is 1. The molecule has 3 heteroatoms. The van der Waals surface area contributed by atoms with E-state index >= 15 is 0 Å². The van der Waals surface area contributed by atoms with Crippen LogP contribution < -0.4 is 5.73 Å². The van der Waals surface area contributed by atoms with Crippen LogP contribution in [0.5, 0.6) is 0 Å². The third-order valence-electron chi connectivity index (χ3n) is 4.62. The molecule has 2 N–H and O–H groups in total. The van der Waals surface area contributed by atoms with Crippen molar-refractivity contribution in [3.63, 3.8) is 0 Å². The van der Waals surface area contributed by atoms with E-state index in [2.05, 4.69) is 22.9 Å². The average Bonchev–Trinajstić information content (AvgIpc) is 2.42. The highest BCUT2D eigenvalue weighted by atomic mass is 79.9. The van der Waals surface area contributed by atoms with E-state index in [0.29, 0.717) is 11.8 Å². The van der Waals surface area contributed by atoms with Crippen molar-refractivity contribution in [3.05, 3.63) is 34.1 Å². The summed E-state index contributed by atoms with van der Waals surface area (Å²) in [7, 11) is 0. The summed E-state index contributed by atoms with van der Waals surface area (Å²) in [5.41, 5.74) is 7.00. The Morgan fingerprint density at radius 3 is 2.79 bits per heavy atom. The lowest BCUT2D eigenvalue weighted by Gasteiger charge is -2.35. The van der Waals surface area contributed by atoms with Crippen LogP contribution in [-0.2, 0) is 6.42 Å². The molecule has 0 bridgehead atoms. The molecule has 1 fully saturated rings. The van der Waals surface area contributed by atoms with E-state index in [0.717, 1.165) is 28.9 Å². The molecular weight excluding hydrogens is 305 g/mol. The largest absolute Gasteiger partial charge is 0.330 e. The van der Waals surface area contributed by atoms with Crippen molar-refractivity contribution in [3.8, 4) is 0 Å². The van der Waals surface area contributed by atoms with Crippen molar-refractivity contribution in [1.82, 2.24) is 0 Å². The summed E-state index contributed by atoms with van der Waals surface area (Å²) in [6, 6.07) is 4.97. The first-order chi connectivity index (χ1) is 9.13. The second kappa shape index (κ2) is 6.85. The minimum absolute atomic E-state index is 0.148. The van der Waals surface area contributed by atoms with Gasteiger partial charge in [0.15, 0.2) is 0 Å². The van der Waals surface area contributed by atoms with Crippen molar-refractivity contribution in [2.45, 2.75) is 39.0 Å². The van der Waals surface area contributed by atoms with Crippen LogP contribution in [-0.4, -0.2) is 6.54 Å². The van der Waals surface area contributed by atoms with Crippen molar-refractivity contribution in [1.29, 1.82) is 0 Å². The van der Waals surface area contributed by atoms with Gasteiger partial charge in [0.2, 0.25) is 0 Å². The Morgan fingerprint density at radius 1 is 1.32 bits per heavy atom. The highest BCUT2D eigenvalue weighted by Crippen LogP contribution is 2.37. The smallest absolute Gasteiger partial charge is 0.123 e. The fraction of sp³-hybridized carbons (Fsp3) is 0.625. The van der Waals surface area contributed by atoms with E-state index in [-0.39, 0.29) is 5.82 Å². The first-order valence-corrected chi connectivity index (χ1v) is 8.07. The summed E-state index contributed by atoms with van der Waals surface area (Å²) in [6.45, 7) is 3.02. The molecule has 3 unspecified atom stereocenters. The lowest BCUT2D eigenvalue weighted by Crippen LogP contribution is -2.31. The highest BCUT2D eigenvalue weighted by molar-refractivity contribution is 9.10. The third-order valence-corrected chi connectivity index (χ3v) is 5.39. The lowest BCUT2D eigenvalue weighted by molar-refractivity contribution is 0.179. The SMILES string of the molecule is CCC1CCC(CN)C(Cc2cc(F)ccc2Br)C1. The molecule has 0 aliphatic heterocycles. The van der Waals surface area contributed by atoms with Crippen molar-refractivity contribution < 1.29 is 4.39 Å². The normalized spacial score (nSPS) is 27.5. The zero-order valence-electron chi connectivity index (χ0n) is 11.5. The van der Waals surface area contributed by atoms with Gasteiger partial charge in [-0.05, 0) is 67.3 Å². The molecule has 1 aliphatic rings. The monoisotopic (exact) mass is 327 g/mol. The van der Waals surface area contributed by atoms with Gasteiger partial charge in [-0.25, -0.2) is 4.39 Å². The predicted octanol–water partition coefficient (Wildman–Crippen LogP) is 4.53. The Kier molecular flexibility index (Phi) is 5.40. The van der Waals surface area contributed by atoms with Crippen LogP contribution in [0.15, 0.2) is 22.7 Å². The van der Waals surface area contributed by atoms with Crippen molar-refractivity contribution in [2.75, 3.05) is 6.54 Å². The lowest BCUT2D eigenvalue weighted by atomic mass is 9.71. The van der Waals surface area contributed by atoms with Crippen LogP contribution in [0.4, 0.5) is 4.39 Å². The van der Waals surface area contributed by atoms with E-state index < -0.39 is 0 Å². The molecule has 0 radical (unpaired) electrons. The average molecular weight is 328 g/mol. The van der Waals surface area contributed by atoms with Crippen molar-refractivity contribution >= 4 is 15.9 Å². The predicted molar refractivity (Wildman–Crippen MR) is 81.5 cm³/mol. The van der Waals surface area contributed by atoms with E-state index in [1.807, 2.05) is 6.07 Å². The quantitative estimate of drug-likeness (QED) is 0.863. The molecule has 0 heterocycles. The van der Waals surface area contributed by atoms with Crippen LogP contribution in [0.3, 0.4) is 0 Å². The van der Waals surface area contributed by atoms with Gasteiger partial charge in [0.05, 0.1) is 0 Å². The molecule has 0 aromatic heterocycles. The van der Waals surface area contributed by atoms with Crippen molar-refractivity contribution in [2.24, 2.45) is 23.5 Å². The third kappa shape index (κ3) is 3.79. The van der Waals surface area contributed by atoms with Gasteiger partial charge in [0.1, 0.15) is 5.82 Å². The minimum Gasteiger partial charge on any atom is -0.330 e. The molecule has 0 spiro atoms. The van der Waals surface area contributed by atoms with Gasteiger partial charge in [0.25, 0.3) is 0 Å². The zero-order chi connectivity index (χ0) is 13.8. The summed E-state index contributed by atoms with van der Waals surface area (Å²) >= 11 is 3.53. The molecule has 1 nitrogen and oxygen atoms in total. The number of benzene rings is 1. The molecule has 3 atom stereocenters. The Labute approximate surface area is 123 Å². The number of hydrogen-bond donors (Lipinski definition) is 1. The summed E-state index contributed by atoms with van der Waals surface area (Å²) in [6.07, 6.45) is 5.96. The summed E-state index contributed by atoms with van der Waals surface area (Å²) in [5, 5.41) is 0. The topological polar surface area (TPSA) is 26.0 Å². The summed E-state index contributed by atoms with van der Waals surface area (Å²) in [5.74, 6) is 1.87. The molecule has 106 valence electrons. The van der Waals surface area contributed by atoms with Crippen LogP contribution in [0.25, 0.3) is 0 Å². The highest BCUT2D eigenvalue weighted by Gasteiger charge is 2.29. The van der Waals surface area contributed by atoms with Crippen LogP contribution >= 0.6 is 15.9 Å². The molecule has 0 amide bonds. The van der Waals surface area contributed by atoms with Crippen LogP contribution in [0, 0.1) is 23.6 Å². The fourth-order valence-corrected chi connectivity index (χ4v) is 3.75. The van der Waals surface area contributed by atoms with Gasteiger partial charge in [-0.15, -0.1) is 0 Å². The molecule has 2 rings (SSSR count).